The molecule has 0 fully saturated rings. The van der Waals surface area contributed by atoms with Gasteiger partial charge in [0, 0.05) is 0 Å². The molecule has 0 aromatic heterocycles. The molecular formula is C26H27BrN2O4. The van der Waals surface area contributed by atoms with Crippen molar-refractivity contribution >= 4 is 28.1 Å². The third kappa shape index (κ3) is 7.36. The zero-order valence-corrected chi connectivity index (χ0v) is 20.3. The summed E-state index contributed by atoms with van der Waals surface area (Å²) < 4.78 is 17.5. The number of amides is 1. The Balaban J connectivity index is 1.51. The van der Waals surface area contributed by atoms with Gasteiger partial charge in [-0.05, 0) is 69.4 Å². The molecule has 0 atom stereocenters. The van der Waals surface area contributed by atoms with Crippen LogP contribution in [-0.2, 0) is 4.79 Å². The monoisotopic (exact) mass is 510 g/mol. The van der Waals surface area contributed by atoms with Crippen LogP contribution in [0.1, 0.15) is 25.3 Å². The maximum absolute atomic E-state index is 12.1. The smallest absolute Gasteiger partial charge is 0.277 e. The van der Waals surface area contributed by atoms with Gasteiger partial charge in [-0.2, -0.15) is 5.10 Å². The third-order valence-corrected chi connectivity index (χ3v) is 5.36. The molecule has 0 heterocycles. The summed E-state index contributed by atoms with van der Waals surface area (Å²) in [5, 5.41) is 4.00. The fourth-order valence-corrected chi connectivity index (χ4v) is 3.49. The molecule has 0 aliphatic heterocycles. The zero-order valence-electron chi connectivity index (χ0n) is 18.7. The Morgan fingerprint density at radius 3 is 2.48 bits per heavy atom. The molecular weight excluding hydrogens is 484 g/mol. The van der Waals surface area contributed by atoms with Gasteiger partial charge in [-0.25, -0.2) is 5.43 Å². The Labute approximate surface area is 202 Å². The predicted octanol–water partition coefficient (Wildman–Crippen LogP) is 5.83. The average Bonchev–Trinajstić information content (AvgIpc) is 2.84. The van der Waals surface area contributed by atoms with Crippen molar-refractivity contribution in [3.8, 4) is 28.4 Å². The van der Waals surface area contributed by atoms with Crippen molar-refractivity contribution in [2.45, 2.75) is 19.8 Å². The highest BCUT2D eigenvalue weighted by Crippen LogP contribution is 2.31. The number of carbonyl (C=O) groups excluding carboxylic acids is 1. The van der Waals surface area contributed by atoms with Crippen molar-refractivity contribution in [1.82, 2.24) is 5.43 Å². The molecule has 0 saturated carbocycles. The van der Waals surface area contributed by atoms with Gasteiger partial charge in [-0.15, -0.1) is 0 Å². The van der Waals surface area contributed by atoms with Crippen molar-refractivity contribution < 1.29 is 19.0 Å². The fourth-order valence-electron chi connectivity index (χ4n) is 2.99. The molecule has 3 aromatic rings. The lowest BCUT2D eigenvalue weighted by molar-refractivity contribution is -0.123. The number of methoxy groups -OCH3 is 1. The first-order valence-corrected chi connectivity index (χ1v) is 11.5. The second-order valence-corrected chi connectivity index (χ2v) is 8.06. The lowest BCUT2D eigenvalue weighted by atomic mass is 10.1. The largest absolute Gasteiger partial charge is 0.493 e. The van der Waals surface area contributed by atoms with Crippen LogP contribution in [0.15, 0.2) is 76.3 Å². The van der Waals surface area contributed by atoms with Gasteiger partial charge in [-0.3, -0.25) is 4.79 Å². The van der Waals surface area contributed by atoms with E-state index < -0.39 is 0 Å². The number of carbonyl (C=O) groups is 1. The number of benzene rings is 3. The van der Waals surface area contributed by atoms with Gasteiger partial charge in [0.15, 0.2) is 18.1 Å². The number of halogens is 1. The van der Waals surface area contributed by atoms with Gasteiger partial charge in [0.1, 0.15) is 5.75 Å². The molecule has 6 nitrogen and oxygen atoms in total. The van der Waals surface area contributed by atoms with Gasteiger partial charge < -0.3 is 14.2 Å². The molecule has 7 heteroatoms. The number of hydrogen-bond donors (Lipinski definition) is 1. The molecule has 0 spiro atoms. The van der Waals surface area contributed by atoms with E-state index in [2.05, 4.69) is 33.4 Å². The standard InChI is InChI=1S/C26H27BrN2O4/c1-3-4-14-32-24-12-10-19(15-25(24)31-2)17-28-29-26(30)18-33-23-13-11-21(16-22(23)27)20-8-6-5-7-9-20/h5-13,15-17H,3-4,14,18H2,1-2H3,(H,29,30)/b28-17+. The minimum atomic E-state index is -0.364. The minimum absolute atomic E-state index is 0.159. The number of hydrazone groups is 1. The quantitative estimate of drug-likeness (QED) is 0.200. The summed E-state index contributed by atoms with van der Waals surface area (Å²) in [5.74, 6) is 1.52. The van der Waals surface area contributed by atoms with Crippen LogP contribution in [0.2, 0.25) is 0 Å². The molecule has 1 amide bonds. The van der Waals surface area contributed by atoms with Gasteiger partial charge in [0.25, 0.3) is 5.91 Å². The molecule has 0 aliphatic rings. The van der Waals surface area contributed by atoms with E-state index in [0.717, 1.165) is 34.0 Å². The normalized spacial score (nSPS) is 10.8. The highest BCUT2D eigenvalue weighted by atomic mass is 79.9. The topological polar surface area (TPSA) is 69.2 Å². The van der Waals surface area contributed by atoms with E-state index in [1.807, 2.05) is 60.7 Å². The molecule has 0 aliphatic carbocycles. The number of rotatable bonds is 11. The van der Waals surface area contributed by atoms with Crippen LogP contribution >= 0.6 is 15.9 Å². The average molecular weight is 511 g/mol. The summed E-state index contributed by atoms with van der Waals surface area (Å²) in [7, 11) is 1.59. The number of unbranched alkanes of at least 4 members (excludes halogenated alkanes) is 1. The summed E-state index contributed by atoms with van der Waals surface area (Å²) in [4.78, 5) is 12.1. The number of ether oxygens (including phenoxy) is 3. The van der Waals surface area contributed by atoms with Crippen LogP contribution in [0.3, 0.4) is 0 Å². The molecule has 1 N–H and O–H groups in total. The van der Waals surface area contributed by atoms with Crippen LogP contribution in [-0.4, -0.2) is 32.4 Å². The first-order valence-electron chi connectivity index (χ1n) is 10.7. The Morgan fingerprint density at radius 2 is 1.76 bits per heavy atom. The molecule has 0 radical (unpaired) electrons. The Hall–Kier alpha value is -3.32. The Kier molecular flexibility index (Phi) is 9.32. The number of nitrogens with one attached hydrogen (secondary N) is 1. The Bertz CT molecular complexity index is 1090. The zero-order chi connectivity index (χ0) is 23.5. The summed E-state index contributed by atoms with van der Waals surface area (Å²) in [6.07, 6.45) is 3.58. The third-order valence-electron chi connectivity index (χ3n) is 4.74. The predicted molar refractivity (Wildman–Crippen MR) is 134 cm³/mol. The molecule has 0 bridgehead atoms. The molecule has 172 valence electrons. The second-order valence-electron chi connectivity index (χ2n) is 7.21. The van der Waals surface area contributed by atoms with Crippen LogP contribution in [0.25, 0.3) is 11.1 Å². The van der Waals surface area contributed by atoms with E-state index in [4.69, 9.17) is 14.2 Å². The highest BCUT2D eigenvalue weighted by Gasteiger charge is 2.08. The van der Waals surface area contributed by atoms with E-state index in [1.54, 1.807) is 19.4 Å². The van der Waals surface area contributed by atoms with Crippen LogP contribution < -0.4 is 19.6 Å². The van der Waals surface area contributed by atoms with Crippen LogP contribution in [0.5, 0.6) is 17.2 Å². The second kappa shape index (κ2) is 12.6. The summed E-state index contributed by atoms with van der Waals surface area (Å²) in [6, 6.07) is 21.3. The van der Waals surface area contributed by atoms with Crippen molar-refractivity contribution in [3.05, 3.63) is 76.8 Å². The first-order chi connectivity index (χ1) is 16.1. The van der Waals surface area contributed by atoms with E-state index in [9.17, 15) is 4.79 Å². The molecule has 3 aromatic carbocycles. The van der Waals surface area contributed by atoms with E-state index in [-0.39, 0.29) is 12.5 Å². The molecule has 0 unspecified atom stereocenters. The SMILES string of the molecule is CCCCOc1ccc(/C=N/NC(=O)COc2ccc(-c3ccccc3)cc2Br)cc1OC. The van der Waals surface area contributed by atoms with Crippen LogP contribution in [0.4, 0.5) is 0 Å². The first kappa shape index (κ1) is 24.3. The van der Waals surface area contributed by atoms with E-state index in [1.165, 1.54) is 0 Å². The van der Waals surface area contributed by atoms with Crippen molar-refractivity contribution in [2.24, 2.45) is 5.10 Å². The highest BCUT2D eigenvalue weighted by molar-refractivity contribution is 9.10. The summed E-state index contributed by atoms with van der Waals surface area (Å²) >= 11 is 3.51. The van der Waals surface area contributed by atoms with Crippen molar-refractivity contribution in [3.63, 3.8) is 0 Å². The molecule has 3 rings (SSSR count). The van der Waals surface area contributed by atoms with Crippen LogP contribution in [0, 0.1) is 0 Å². The maximum Gasteiger partial charge on any atom is 0.277 e. The lowest BCUT2D eigenvalue weighted by Crippen LogP contribution is -2.24. The van der Waals surface area contributed by atoms with Gasteiger partial charge in [0.2, 0.25) is 0 Å². The van der Waals surface area contributed by atoms with Crippen molar-refractivity contribution in [1.29, 1.82) is 0 Å². The summed E-state index contributed by atoms with van der Waals surface area (Å²) in [5.41, 5.74) is 5.41. The molecule has 0 saturated heterocycles. The van der Waals surface area contributed by atoms with Crippen molar-refractivity contribution in [2.75, 3.05) is 20.3 Å². The van der Waals surface area contributed by atoms with E-state index in [0.29, 0.717) is 23.9 Å². The Morgan fingerprint density at radius 1 is 0.970 bits per heavy atom. The summed E-state index contributed by atoms with van der Waals surface area (Å²) in [6.45, 7) is 2.59. The van der Waals surface area contributed by atoms with Gasteiger partial charge in [0.05, 0.1) is 24.4 Å². The van der Waals surface area contributed by atoms with Gasteiger partial charge >= 0.3 is 0 Å². The minimum Gasteiger partial charge on any atom is -0.493 e. The van der Waals surface area contributed by atoms with E-state index >= 15 is 0 Å². The van der Waals surface area contributed by atoms with Gasteiger partial charge in [-0.1, -0.05) is 49.7 Å². The maximum atomic E-state index is 12.1. The number of hydrogen-bond acceptors (Lipinski definition) is 5. The lowest BCUT2D eigenvalue weighted by Gasteiger charge is -2.11. The number of nitrogens with zero attached hydrogens (tertiary/aromatic N) is 1. The fraction of sp³-hybridized carbons (Fsp3) is 0.231. The molecule has 33 heavy (non-hydrogen) atoms.